The highest BCUT2D eigenvalue weighted by Crippen LogP contribution is 2.65. The predicted molar refractivity (Wildman–Crippen MR) is 219 cm³/mol. The number of ether oxygens (including phenoxy) is 5. The van der Waals surface area contributed by atoms with Crippen LogP contribution >= 0.6 is 0 Å². The van der Waals surface area contributed by atoms with Gasteiger partial charge in [0.15, 0.2) is 30.6 Å². The number of Topliss-reactive ketones (excluding diaryl/α,β-unsaturated/α-hetero) is 1. The van der Waals surface area contributed by atoms with E-state index in [4.69, 9.17) is 23.7 Å². The Morgan fingerprint density at radius 1 is 0.871 bits per heavy atom. The van der Waals surface area contributed by atoms with Crippen molar-refractivity contribution in [3.8, 4) is 0 Å². The Bertz CT molecular complexity index is 2180. The van der Waals surface area contributed by atoms with E-state index in [1.807, 2.05) is 0 Å². The van der Waals surface area contributed by atoms with Crippen molar-refractivity contribution in [2.75, 3.05) is 6.61 Å². The molecule has 62 heavy (non-hydrogen) atoms. The zero-order valence-electron chi connectivity index (χ0n) is 35.5. The van der Waals surface area contributed by atoms with E-state index < -0.39 is 113 Å². The molecule has 7 rings (SSSR count). The number of carbonyl (C=O) groups is 4. The molecule has 0 aromatic heterocycles. The Kier molecular flexibility index (Phi) is 12.4. The molecule has 1 heterocycles. The van der Waals surface area contributed by atoms with E-state index in [9.17, 15) is 39.9 Å². The van der Waals surface area contributed by atoms with Gasteiger partial charge in [0.05, 0.1) is 36.4 Å². The number of esters is 2. The van der Waals surface area contributed by atoms with E-state index in [2.05, 4.69) is 5.32 Å². The van der Waals surface area contributed by atoms with Crippen molar-refractivity contribution in [2.24, 2.45) is 16.7 Å². The van der Waals surface area contributed by atoms with E-state index in [0.29, 0.717) is 5.56 Å². The topological polar surface area (TPSA) is 228 Å². The van der Waals surface area contributed by atoms with Crippen LogP contribution in [0.5, 0.6) is 0 Å². The number of ketones is 1. The third-order valence-corrected chi connectivity index (χ3v) is 13.7. The molecule has 6 N–H and O–H groups in total. The van der Waals surface area contributed by atoms with Crippen LogP contribution in [0.3, 0.4) is 0 Å². The molecule has 3 aliphatic carbocycles. The predicted octanol–water partition coefficient (Wildman–Crippen LogP) is 3.38. The van der Waals surface area contributed by atoms with Gasteiger partial charge in [-0.1, -0.05) is 92.7 Å². The van der Waals surface area contributed by atoms with Crippen LogP contribution in [0.2, 0.25) is 0 Å². The van der Waals surface area contributed by atoms with Crippen LogP contribution in [0, 0.1) is 16.7 Å². The number of aliphatic hydroxyl groups is 5. The molecule has 1 amide bonds. The van der Waals surface area contributed by atoms with Crippen LogP contribution in [0.25, 0.3) is 0 Å². The van der Waals surface area contributed by atoms with Crippen molar-refractivity contribution in [3.63, 3.8) is 0 Å². The molecule has 0 spiro atoms. The first-order valence-electron chi connectivity index (χ1n) is 20.8. The fourth-order valence-corrected chi connectivity index (χ4v) is 10.4. The zero-order valence-corrected chi connectivity index (χ0v) is 35.5. The second-order valence-electron chi connectivity index (χ2n) is 17.6. The second kappa shape index (κ2) is 17.0. The van der Waals surface area contributed by atoms with Gasteiger partial charge in [0, 0.05) is 42.2 Å². The van der Waals surface area contributed by atoms with Crippen LogP contribution in [0.15, 0.2) is 102 Å². The van der Waals surface area contributed by atoms with Crippen molar-refractivity contribution in [2.45, 2.75) is 121 Å². The van der Waals surface area contributed by atoms with E-state index in [1.165, 1.54) is 13.8 Å². The van der Waals surface area contributed by atoms with Crippen LogP contribution in [0.1, 0.15) is 88.2 Å². The summed E-state index contributed by atoms with van der Waals surface area (Å²) in [4.78, 5) is 56.3. The maximum Gasteiger partial charge on any atom is 0.338 e. The number of hydrogen-bond acceptors (Lipinski definition) is 14. The number of carbonyl (C=O) groups excluding carboxylic acids is 4. The van der Waals surface area contributed by atoms with Crippen LogP contribution in [-0.4, -0.2) is 110 Å². The number of benzene rings is 3. The summed E-state index contributed by atoms with van der Waals surface area (Å²) in [6.45, 7) is 8.48. The van der Waals surface area contributed by atoms with Gasteiger partial charge in [-0.15, -0.1) is 0 Å². The third kappa shape index (κ3) is 7.57. The molecular formula is C47H55NO14. The van der Waals surface area contributed by atoms with Crippen molar-refractivity contribution in [1.82, 2.24) is 5.32 Å². The van der Waals surface area contributed by atoms with Crippen molar-refractivity contribution in [1.29, 1.82) is 0 Å². The van der Waals surface area contributed by atoms with Crippen molar-refractivity contribution >= 4 is 23.6 Å². The normalized spacial score (nSPS) is 33.2. The quantitative estimate of drug-likeness (QED) is 0.0873. The molecule has 13 atom stereocenters. The second-order valence-corrected chi connectivity index (χ2v) is 17.6. The summed E-state index contributed by atoms with van der Waals surface area (Å²) in [5.41, 5.74) is -6.32. The molecule has 3 fully saturated rings. The molecule has 4 aliphatic rings. The van der Waals surface area contributed by atoms with E-state index in [0.717, 1.165) is 6.92 Å². The maximum absolute atomic E-state index is 15.5. The molecule has 1 aliphatic heterocycles. The summed E-state index contributed by atoms with van der Waals surface area (Å²) in [6, 6.07) is 23.5. The molecule has 2 saturated carbocycles. The minimum absolute atomic E-state index is 0.0443. The molecular weight excluding hydrogens is 803 g/mol. The van der Waals surface area contributed by atoms with E-state index in [-0.39, 0.29) is 35.3 Å². The van der Waals surface area contributed by atoms with Gasteiger partial charge < -0.3 is 54.5 Å². The lowest BCUT2D eigenvalue weighted by Gasteiger charge is -2.68. The van der Waals surface area contributed by atoms with Crippen LogP contribution < -0.4 is 5.32 Å². The lowest BCUT2D eigenvalue weighted by atomic mass is 9.44. The molecule has 2 unspecified atom stereocenters. The maximum atomic E-state index is 15.5. The van der Waals surface area contributed by atoms with Gasteiger partial charge >= 0.3 is 11.9 Å². The number of hydrogen-bond donors (Lipinski definition) is 6. The van der Waals surface area contributed by atoms with Crippen LogP contribution in [-0.2, 0) is 38.1 Å². The summed E-state index contributed by atoms with van der Waals surface area (Å²) in [5, 5.41) is 63.1. The minimum Gasteiger partial charge on any atom is -0.456 e. The van der Waals surface area contributed by atoms with E-state index in [1.54, 1.807) is 112 Å². The summed E-state index contributed by atoms with van der Waals surface area (Å²) in [7, 11) is 0. The van der Waals surface area contributed by atoms with Gasteiger partial charge in [-0.2, -0.15) is 0 Å². The number of fused-ring (bicyclic) bond motifs is 5. The fraction of sp³-hybridized carbons (Fsp3) is 0.489. The molecule has 1 saturated heterocycles. The smallest absolute Gasteiger partial charge is 0.338 e. The van der Waals surface area contributed by atoms with Gasteiger partial charge in [-0.3, -0.25) is 14.4 Å². The fourth-order valence-electron chi connectivity index (χ4n) is 10.4. The number of amides is 1. The number of nitrogens with one attached hydrogen (secondary N) is 1. The molecule has 3 aromatic carbocycles. The monoisotopic (exact) mass is 857 g/mol. The highest BCUT2D eigenvalue weighted by molar-refractivity contribution is 5.96. The van der Waals surface area contributed by atoms with Crippen LogP contribution in [0.4, 0.5) is 0 Å². The van der Waals surface area contributed by atoms with E-state index >= 15 is 4.79 Å². The summed E-state index contributed by atoms with van der Waals surface area (Å²) in [6.07, 6.45) is -13.2. The Morgan fingerprint density at radius 2 is 1.45 bits per heavy atom. The van der Waals surface area contributed by atoms with Gasteiger partial charge in [-0.05, 0) is 49.6 Å². The molecule has 0 radical (unpaired) electrons. The number of aliphatic hydroxyl groups excluding tert-OH is 4. The Labute approximate surface area is 359 Å². The molecule has 332 valence electrons. The Hall–Kier alpha value is -4.84. The first kappa shape index (κ1) is 45.2. The SMILES string of the molecule is CC(=O)O[C@H]1C(=O)[C@@]2(C)[C@H]([C@H](OC(O)c3ccccc3)[C@]3(O)C[C@H](OC(=O)[C@H](O)[C@@H](NC(=O)c4ccccc4)c4ccccc4)C(C)=C1C3(C)C)[C@]1(OC(C)O)CO[C@@H]1C[C@@H]2O. The summed E-state index contributed by atoms with van der Waals surface area (Å²) >= 11 is 0. The summed E-state index contributed by atoms with van der Waals surface area (Å²) in [5.74, 6) is -4.87. The van der Waals surface area contributed by atoms with Crippen molar-refractivity contribution in [3.05, 3.63) is 119 Å². The molecule has 15 heteroatoms. The first-order valence-corrected chi connectivity index (χ1v) is 20.8. The van der Waals surface area contributed by atoms with Gasteiger partial charge in [0.25, 0.3) is 5.91 Å². The largest absolute Gasteiger partial charge is 0.456 e. The van der Waals surface area contributed by atoms with Gasteiger partial charge in [-0.25, -0.2) is 4.79 Å². The van der Waals surface area contributed by atoms with Gasteiger partial charge in [0.1, 0.15) is 17.3 Å². The lowest BCUT2D eigenvalue weighted by molar-refractivity contribution is -0.391. The summed E-state index contributed by atoms with van der Waals surface area (Å²) < 4.78 is 30.9. The van der Waals surface area contributed by atoms with Gasteiger partial charge in [0.2, 0.25) is 0 Å². The molecule has 15 nitrogen and oxygen atoms in total. The first-order chi connectivity index (χ1) is 29.3. The minimum atomic E-state index is -2.30. The Balaban J connectivity index is 1.38. The lowest BCUT2D eigenvalue weighted by Crippen LogP contribution is -2.82. The zero-order chi connectivity index (χ0) is 44.9. The standard InChI is InChI=1S/C47H55NO14/c1-25-31(60-43(56)36(52)35(28-16-10-7-11-17-28)48-41(54)29-18-12-8-13-19-29)23-47(57)40(61-42(55)30-20-14-9-15-21-30)38-45(6,32(51)22-33-46(38,24-58-33)62-27(3)50)39(53)37(59-26(2)49)34(25)44(47,4)5/h7-21,27,31-33,35-38,40,42,50-52,55,57H,22-24H2,1-6H3,(H,48,54)/t27?,31-,32-,33+,35-,36+,37+,38-,40-,42?,45+,46-,47+/m0/s1. The molecule has 3 aromatic rings. The highest BCUT2D eigenvalue weighted by atomic mass is 16.7. The average molecular weight is 858 g/mol. The third-order valence-electron chi connectivity index (χ3n) is 13.7. The van der Waals surface area contributed by atoms with Crippen molar-refractivity contribution < 1.29 is 68.4 Å². The average Bonchev–Trinajstić information content (AvgIpc) is 3.24. The molecule has 2 bridgehead atoms. The Morgan fingerprint density at radius 3 is 2.00 bits per heavy atom. The number of rotatable bonds is 12. The highest BCUT2D eigenvalue weighted by Gasteiger charge is 2.77.